The molecule has 4 heterocycles. The lowest BCUT2D eigenvalue weighted by molar-refractivity contribution is -0.228. The predicted octanol–water partition coefficient (Wildman–Crippen LogP) is 3.16. The lowest BCUT2D eigenvalue weighted by atomic mass is 9.99. The number of ether oxygens (including phenoxy) is 3. The van der Waals surface area contributed by atoms with Gasteiger partial charge < -0.3 is 19.1 Å². The summed E-state index contributed by atoms with van der Waals surface area (Å²) < 4.78 is 18.0. The van der Waals surface area contributed by atoms with Crippen molar-refractivity contribution in [3.63, 3.8) is 0 Å². The summed E-state index contributed by atoms with van der Waals surface area (Å²) >= 11 is 0. The van der Waals surface area contributed by atoms with Crippen LogP contribution in [0, 0.1) is 0 Å². The van der Waals surface area contributed by atoms with Gasteiger partial charge >= 0.3 is 0 Å². The van der Waals surface area contributed by atoms with Crippen LogP contribution in [0.15, 0.2) is 42.6 Å². The van der Waals surface area contributed by atoms with Crippen LogP contribution < -0.4 is 4.74 Å². The van der Waals surface area contributed by atoms with Crippen molar-refractivity contribution >= 4 is 5.91 Å². The predicted molar refractivity (Wildman–Crippen MR) is 103 cm³/mol. The van der Waals surface area contributed by atoms with E-state index in [1.807, 2.05) is 35.2 Å². The smallest absolute Gasteiger partial charge is 0.251 e. The highest BCUT2D eigenvalue weighted by molar-refractivity contribution is 5.81. The lowest BCUT2D eigenvalue weighted by Gasteiger charge is -2.44. The summed E-state index contributed by atoms with van der Waals surface area (Å²) in [7, 11) is 0. The number of rotatable bonds is 2. The van der Waals surface area contributed by atoms with E-state index in [0.717, 1.165) is 35.4 Å². The van der Waals surface area contributed by atoms with Crippen LogP contribution in [0.5, 0.6) is 5.75 Å². The first-order valence-electron chi connectivity index (χ1n) is 10.0. The topological polar surface area (TPSA) is 60.9 Å². The zero-order chi connectivity index (χ0) is 19.0. The summed E-state index contributed by atoms with van der Waals surface area (Å²) in [5, 5.41) is 0. The van der Waals surface area contributed by atoms with Crippen molar-refractivity contribution in [2.24, 2.45) is 0 Å². The molecule has 3 aliphatic heterocycles. The minimum atomic E-state index is -0.632. The lowest BCUT2D eigenvalue weighted by Crippen LogP contribution is -2.54. The maximum atomic E-state index is 12.6. The molecular formula is C22H24N2O4. The molecule has 2 aromatic rings. The molecule has 5 rings (SSSR count). The Hall–Kier alpha value is -2.44. The Bertz CT molecular complexity index is 856. The van der Waals surface area contributed by atoms with Gasteiger partial charge in [-0.05, 0) is 43.2 Å². The number of fused-ring (bicyclic) bond motifs is 1. The molecule has 3 aliphatic rings. The molecule has 0 bridgehead atoms. The van der Waals surface area contributed by atoms with Gasteiger partial charge in [0.15, 0.2) is 0 Å². The Morgan fingerprint density at radius 3 is 2.82 bits per heavy atom. The third-order valence-electron chi connectivity index (χ3n) is 5.85. The fourth-order valence-corrected chi connectivity index (χ4v) is 4.21. The zero-order valence-corrected chi connectivity index (χ0v) is 15.8. The summed E-state index contributed by atoms with van der Waals surface area (Å²) in [6, 6.07) is 12.0. The van der Waals surface area contributed by atoms with Crippen molar-refractivity contribution < 1.29 is 19.0 Å². The Labute approximate surface area is 164 Å². The van der Waals surface area contributed by atoms with Gasteiger partial charge in [-0.15, -0.1) is 0 Å². The zero-order valence-electron chi connectivity index (χ0n) is 15.8. The fraction of sp³-hybridized carbons (Fsp3) is 0.455. The van der Waals surface area contributed by atoms with E-state index in [0.29, 0.717) is 39.1 Å². The maximum Gasteiger partial charge on any atom is 0.251 e. The molecule has 1 amide bonds. The number of pyridine rings is 1. The monoisotopic (exact) mass is 380 g/mol. The van der Waals surface area contributed by atoms with E-state index in [1.165, 1.54) is 0 Å². The quantitative estimate of drug-likeness (QED) is 0.801. The van der Waals surface area contributed by atoms with Gasteiger partial charge in [0.1, 0.15) is 11.9 Å². The van der Waals surface area contributed by atoms with Crippen molar-refractivity contribution in [3.05, 3.63) is 48.2 Å². The van der Waals surface area contributed by atoms with Gasteiger partial charge in [-0.3, -0.25) is 9.78 Å². The first-order chi connectivity index (χ1) is 13.7. The number of hydrogen-bond donors (Lipinski definition) is 0. The van der Waals surface area contributed by atoms with Gasteiger partial charge in [0, 0.05) is 49.9 Å². The molecule has 28 heavy (non-hydrogen) atoms. The molecule has 1 atom stereocenters. The minimum Gasteiger partial charge on any atom is -0.462 e. The van der Waals surface area contributed by atoms with E-state index in [4.69, 9.17) is 14.2 Å². The van der Waals surface area contributed by atoms with E-state index < -0.39 is 5.79 Å². The van der Waals surface area contributed by atoms with E-state index in [-0.39, 0.29) is 12.0 Å². The first-order valence-corrected chi connectivity index (χ1v) is 10.0. The fourth-order valence-electron chi connectivity index (χ4n) is 4.21. The van der Waals surface area contributed by atoms with Gasteiger partial charge in [0.05, 0.1) is 12.3 Å². The molecule has 2 fully saturated rings. The average molecular weight is 380 g/mol. The number of carbonyl (C=O) groups is 1. The Kier molecular flexibility index (Phi) is 4.53. The normalized spacial score (nSPS) is 23.3. The van der Waals surface area contributed by atoms with Crippen molar-refractivity contribution in [3.8, 4) is 17.0 Å². The molecule has 0 N–H and O–H groups in total. The number of hydrogen-bond acceptors (Lipinski definition) is 5. The molecular weight excluding hydrogens is 356 g/mol. The molecule has 0 unspecified atom stereocenters. The number of aromatic nitrogens is 1. The highest BCUT2D eigenvalue weighted by atomic mass is 16.7. The third kappa shape index (κ3) is 3.27. The SMILES string of the molecule is O=C([C@H]1CCCO1)N1CCC2(CC1)OCc1cc(-c3ccccn3)ccc1O2. The molecule has 6 heteroatoms. The molecule has 2 saturated heterocycles. The van der Waals surface area contributed by atoms with E-state index in [1.54, 1.807) is 6.20 Å². The Morgan fingerprint density at radius 1 is 1.18 bits per heavy atom. The highest BCUT2D eigenvalue weighted by Gasteiger charge is 2.43. The second-order valence-electron chi connectivity index (χ2n) is 7.67. The van der Waals surface area contributed by atoms with Crippen LogP contribution in [-0.2, 0) is 20.9 Å². The van der Waals surface area contributed by atoms with Crippen molar-refractivity contribution in [2.45, 2.75) is 44.2 Å². The molecule has 146 valence electrons. The summed E-state index contributed by atoms with van der Waals surface area (Å²) in [5.74, 6) is 0.348. The first kappa shape index (κ1) is 17.6. The van der Waals surface area contributed by atoms with Crippen molar-refractivity contribution in [1.82, 2.24) is 9.88 Å². The van der Waals surface area contributed by atoms with Gasteiger partial charge in [0.2, 0.25) is 5.79 Å². The molecule has 0 aliphatic carbocycles. The van der Waals surface area contributed by atoms with Gasteiger partial charge in [-0.25, -0.2) is 0 Å². The molecule has 6 nitrogen and oxygen atoms in total. The van der Waals surface area contributed by atoms with E-state index in [9.17, 15) is 4.79 Å². The summed E-state index contributed by atoms with van der Waals surface area (Å²) in [5.41, 5.74) is 3.03. The van der Waals surface area contributed by atoms with Crippen molar-refractivity contribution in [1.29, 1.82) is 0 Å². The number of nitrogens with zero attached hydrogens (tertiary/aromatic N) is 2. The molecule has 1 spiro atoms. The number of benzene rings is 1. The number of likely N-dealkylation sites (tertiary alicyclic amines) is 1. The number of amides is 1. The molecule has 1 aromatic heterocycles. The Balaban J connectivity index is 1.27. The average Bonchev–Trinajstić information content (AvgIpc) is 3.29. The van der Waals surface area contributed by atoms with Crippen LogP contribution in [0.2, 0.25) is 0 Å². The van der Waals surface area contributed by atoms with E-state index >= 15 is 0 Å². The Morgan fingerprint density at radius 2 is 2.07 bits per heavy atom. The van der Waals surface area contributed by atoms with Crippen LogP contribution in [0.4, 0.5) is 0 Å². The van der Waals surface area contributed by atoms with E-state index in [2.05, 4.69) is 11.1 Å². The second kappa shape index (κ2) is 7.18. The summed E-state index contributed by atoms with van der Waals surface area (Å²) in [6.45, 7) is 2.48. The standard InChI is InChI=1S/C22H24N2O4/c25-21(20-5-3-13-26-20)24-11-8-22(9-12-24)27-15-17-14-16(6-7-19(17)28-22)18-4-1-2-10-23-18/h1-2,4,6-7,10,14,20H,3,5,8-9,11-13,15H2/t20-/m1/s1. The summed E-state index contributed by atoms with van der Waals surface area (Å²) in [6.07, 6.45) is 4.69. The van der Waals surface area contributed by atoms with Crippen LogP contribution in [0.1, 0.15) is 31.2 Å². The maximum absolute atomic E-state index is 12.6. The van der Waals surface area contributed by atoms with Crippen LogP contribution in [0.3, 0.4) is 0 Å². The molecule has 1 aromatic carbocycles. The molecule has 0 saturated carbocycles. The number of carbonyl (C=O) groups excluding carboxylic acids is 1. The van der Waals surface area contributed by atoms with Crippen LogP contribution in [-0.4, -0.2) is 47.4 Å². The van der Waals surface area contributed by atoms with Gasteiger partial charge in [0.25, 0.3) is 5.91 Å². The van der Waals surface area contributed by atoms with Crippen LogP contribution in [0.25, 0.3) is 11.3 Å². The van der Waals surface area contributed by atoms with Gasteiger partial charge in [-0.1, -0.05) is 6.07 Å². The third-order valence-corrected chi connectivity index (χ3v) is 5.85. The summed E-state index contributed by atoms with van der Waals surface area (Å²) in [4.78, 5) is 18.9. The molecule has 0 radical (unpaired) electrons. The van der Waals surface area contributed by atoms with Crippen molar-refractivity contribution in [2.75, 3.05) is 19.7 Å². The van der Waals surface area contributed by atoms with Crippen LogP contribution >= 0.6 is 0 Å². The number of piperidine rings is 1. The highest BCUT2D eigenvalue weighted by Crippen LogP contribution is 2.39. The second-order valence-corrected chi connectivity index (χ2v) is 7.67. The largest absolute Gasteiger partial charge is 0.462 e. The van der Waals surface area contributed by atoms with Gasteiger partial charge in [-0.2, -0.15) is 0 Å². The minimum absolute atomic E-state index is 0.114.